The number of rotatable bonds is 4. The molecule has 1 aromatic carbocycles. The molecular weight excluding hydrogens is 330 g/mol. The molecular formula is C10H10ClNO6S2. The van der Waals surface area contributed by atoms with E-state index in [4.69, 9.17) is 16.2 Å². The summed E-state index contributed by atoms with van der Waals surface area (Å²) in [6.45, 7) is -0.326. The summed E-state index contributed by atoms with van der Waals surface area (Å²) in [6, 6.07) is 3.88. The molecule has 1 aliphatic rings. The van der Waals surface area contributed by atoms with Crippen LogP contribution in [-0.2, 0) is 20.1 Å². The lowest BCUT2D eigenvalue weighted by molar-refractivity contribution is 0.0871. The Morgan fingerprint density at radius 1 is 1.30 bits per heavy atom. The molecule has 0 saturated heterocycles. The van der Waals surface area contributed by atoms with E-state index in [1.54, 1.807) is 0 Å². The zero-order chi connectivity index (χ0) is 15.1. The summed E-state index contributed by atoms with van der Waals surface area (Å²) < 4.78 is 54.6. The van der Waals surface area contributed by atoms with Crippen molar-refractivity contribution in [1.82, 2.24) is 4.31 Å². The fourth-order valence-electron chi connectivity index (χ4n) is 1.86. The number of carbonyl (C=O) groups is 1. The molecule has 0 bridgehead atoms. The second-order valence-electron chi connectivity index (χ2n) is 4.16. The maximum Gasteiger partial charge on any atom is 0.269 e. The zero-order valence-electron chi connectivity index (χ0n) is 9.98. The SMILES string of the molecule is O=C1c2ccc(Cl)cc2S(=O)(=O)N1CCCS(=O)(=O)O. The minimum Gasteiger partial charge on any atom is -0.286 e. The van der Waals surface area contributed by atoms with Crippen LogP contribution in [0.1, 0.15) is 16.8 Å². The average molecular weight is 340 g/mol. The maximum atomic E-state index is 12.1. The van der Waals surface area contributed by atoms with Gasteiger partial charge in [0.1, 0.15) is 4.90 Å². The van der Waals surface area contributed by atoms with Crippen LogP contribution >= 0.6 is 11.6 Å². The molecule has 1 heterocycles. The molecule has 10 heteroatoms. The Labute approximate surface area is 120 Å². The lowest BCUT2D eigenvalue weighted by Crippen LogP contribution is -2.31. The highest BCUT2D eigenvalue weighted by Crippen LogP contribution is 2.32. The van der Waals surface area contributed by atoms with E-state index in [1.807, 2.05) is 0 Å². The smallest absolute Gasteiger partial charge is 0.269 e. The third-order valence-electron chi connectivity index (χ3n) is 2.73. The lowest BCUT2D eigenvalue weighted by atomic mass is 10.2. The summed E-state index contributed by atoms with van der Waals surface area (Å²) in [5.74, 6) is -1.35. The fraction of sp³-hybridized carbons (Fsp3) is 0.300. The molecule has 20 heavy (non-hydrogen) atoms. The van der Waals surface area contributed by atoms with Gasteiger partial charge in [-0.1, -0.05) is 11.6 Å². The topological polar surface area (TPSA) is 109 Å². The van der Waals surface area contributed by atoms with E-state index in [0.29, 0.717) is 4.31 Å². The van der Waals surface area contributed by atoms with Crippen LogP contribution in [0.25, 0.3) is 0 Å². The molecule has 1 N–H and O–H groups in total. The molecule has 0 spiro atoms. The number of hydrogen-bond donors (Lipinski definition) is 1. The minimum absolute atomic E-state index is 0.00116. The molecule has 110 valence electrons. The van der Waals surface area contributed by atoms with Gasteiger partial charge in [-0.05, 0) is 24.6 Å². The van der Waals surface area contributed by atoms with E-state index in [0.717, 1.165) is 0 Å². The number of hydrogen-bond acceptors (Lipinski definition) is 5. The zero-order valence-corrected chi connectivity index (χ0v) is 12.4. The Morgan fingerprint density at radius 3 is 2.55 bits per heavy atom. The second kappa shape index (κ2) is 4.99. The van der Waals surface area contributed by atoms with Gasteiger partial charge in [0.15, 0.2) is 0 Å². The highest BCUT2D eigenvalue weighted by atomic mass is 35.5. The molecule has 1 aliphatic heterocycles. The van der Waals surface area contributed by atoms with Gasteiger partial charge in [-0.2, -0.15) is 8.42 Å². The fourth-order valence-corrected chi connectivity index (χ4v) is 4.22. The van der Waals surface area contributed by atoms with Gasteiger partial charge in [-0.25, -0.2) is 12.7 Å². The number of carbonyl (C=O) groups excluding carboxylic acids is 1. The molecule has 0 aromatic heterocycles. The Balaban J connectivity index is 2.28. The molecule has 7 nitrogen and oxygen atoms in total. The van der Waals surface area contributed by atoms with Crippen LogP contribution in [-0.4, -0.2) is 43.9 Å². The molecule has 0 fully saturated rings. The highest BCUT2D eigenvalue weighted by molar-refractivity contribution is 7.90. The number of amides is 1. The maximum absolute atomic E-state index is 12.1. The number of benzene rings is 1. The summed E-state index contributed by atoms with van der Waals surface area (Å²) in [7, 11) is -8.21. The van der Waals surface area contributed by atoms with E-state index in [1.165, 1.54) is 18.2 Å². The Kier molecular flexibility index (Phi) is 3.80. The number of halogens is 1. The minimum atomic E-state index is -4.20. The van der Waals surface area contributed by atoms with Crippen molar-refractivity contribution in [3.8, 4) is 0 Å². The average Bonchev–Trinajstić information content (AvgIpc) is 2.48. The highest BCUT2D eigenvalue weighted by Gasteiger charge is 2.40. The molecule has 1 aromatic rings. The van der Waals surface area contributed by atoms with Gasteiger partial charge in [0.2, 0.25) is 0 Å². The largest absolute Gasteiger partial charge is 0.286 e. The summed E-state index contributed by atoms with van der Waals surface area (Å²) in [5.41, 5.74) is 0.00116. The van der Waals surface area contributed by atoms with Gasteiger partial charge in [-0.3, -0.25) is 9.35 Å². The van der Waals surface area contributed by atoms with Crippen LogP contribution in [0, 0.1) is 0 Å². The van der Waals surface area contributed by atoms with Gasteiger partial charge in [0.25, 0.3) is 26.0 Å². The van der Waals surface area contributed by atoms with E-state index in [9.17, 15) is 21.6 Å². The third-order valence-corrected chi connectivity index (χ3v) is 5.59. The second-order valence-corrected chi connectivity index (χ2v) is 8.00. The van der Waals surface area contributed by atoms with E-state index in [2.05, 4.69) is 0 Å². The van der Waals surface area contributed by atoms with Crippen LogP contribution < -0.4 is 0 Å². The van der Waals surface area contributed by atoms with Crippen molar-refractivity contribution in [3.05, 3.63) is 28.8 Å². The first-order valence-electron chi connectivity index (χ1n) is 5.45. The van der Waals surface area contributed by atoms with Crippen molar-refractivity contribution < 1.29 is 26.2 Å². The standard InChI is InChI=1S/C10H10ClNO6S2/c11-7-2-3-8-9(6-7)20(17,18)12(10(8)13)4-1-5-19(14,15)16/h2-3,6H,1,4-5H2,(H,14,15,16). The lowest BCUT2D eigenvalue weighted by Gasteiger charge is -2.14. The van der Waals surface area contributed by atoms with Crippen molar-refractivity contribution in [3.63, 3.8) is 0 Å². The molecule has 0 atom stereocenters. The van der Waals surface area contributed by atoms with Gasteiger partial charge in [-0.15, -0.1) is 0 Å². The van der Waals surface area contributed by atoms with Crippen molar-refractivity contribution in [2.24, 2.45) is 0 Å². The normalized spacial score (nSPS) is 17.3. The van der Waals surface area contributed by atoms with E-state index in [-0.39, 0.29) is 28.4 Å². The van der Waals surface area contributed by atoms with Crippen molar-refractivity contribution in [1.29, 1.82) is 0 Å². The summed E-state index contributed by atoms with van der Waals surface area (Å²) in [6.07, 6.45) is -0.189. The van der Waals surface area contributed by atoms with Crippen molar-refractivity contribution in [2.75, 3.05) is 12.3 Å². The van der Waals surface area contributed by atoms with Crippen LogP contribution in [0.15, 0.2) is 23.1 Å². The monoisotopic (exact) mass is 339 g/mol. The van der Waals surface area contributed by atoms with Gasteiger partial charge in [0, 0.05) is 11.6 Å². The summed E-state index contributed by atoms with van der Waals surface area (Å²) >= 11 is 5.70. The van der Waals surface area contributed by atoms with E-state index >= 15 is 0 Å². The number of nitrogens with zero attached hydrogens (tertiary/aromatic N) is 1. The van der Waals surface area contributed by atoms with Gasteiger partial charge in [0.05, 0.1) is 11.3 Å². The predicted octanol–water partition coefficient (Wildman–Crippen LogP) is 0.762. The first-order chi connectivity index (χ1) is 9.13. The first kappa shape index (κ1) is 15.2. The summed E-state index contributed by atoms with van der Waals surface area (Å²) in [5, 5.41) is 0.180. The molecule has 0 unspecified atom stereocenters. The number of sulfonamides is 1. The van der Waals surface area contributed by atoms with Gasteiger partial charge >= 0.3 is 0 Å². The Morgan fingerprint density at radius 2 is 1.95 bits per heavy atom. The van der Waals surface area contributed by atoms with Crippen LogP contribution in [0.4, 0.5) is 0 Å². The molecule has 1 amide bonds. The molecule has 0 saturated carbocycles. The van der Waals surface area contributed by atoms with Crippen LogP contribution in [0.3, 0.4) is 0 Å². The first-order valence-corrected chi connectivity index (χ1v) is 8.87. The van der Waals surface area contributed by atoms with Gasteiger partial charge < -0.3 is 0 Å². The predicted molar refractivity (Wildman–Crippen MR) is 70.7 cm³/mol. The summed E-state index contributed by atoms with van der Waals surface area (Å²) in [4.78, 5) is 11.8. The van der Waals surface area contributed by atoms with Crippen molar-refractivity contribution in [2.45, 2.75) is 11.3 Å². The van der Waals surface area contributed by atoms with Crippen LogP contribution in [0.5, 0.6) is 0 Å². The van der Waals surface area contributed by atoms with Crippen LogP contribution in [0.2, 0.25) is 5.02 Å². The third kappa shape index (κ3) is 2.80. The molecule has 2 rings (SSSR count). The Bertz CT molecular complexity index is 771. The molecule has 0 radical (unpaired) electrons. The molecule has 0 aliphatic carbocycles. The van der Waals surface area contributed by atoms with E-state index < -0.39 is 31.8 Å². The quantitative estimate of drug-likeness (QED) is 0.811. The Hall–Kier alpha value is -1.16. The number of fused-ring (bicyclic) bond motifs is 1. The van der Waals surface area contributed by atoms with Crippen molar-refractivity contribution >= 4 is 37.6 Å².